The summed E-state index contributed by atoms with van der Waals surface area (Å²) in [6.45, 7) is 2.24. The molecule has 94 valence electrons. The van der Waals surface area contributed by atoms with Gasteiger partial charge in [-0.25, -0.2) is 4.98 Å². The second kappa shape index (κ2) is 5.92. The smallest absolute Gasteiger partial charge is 0.213 e. The number of ether oxygens (including phenoxy) is 1. The highest BCUT2D eigenvalue weighted by atomic mass is 35.5. The van der Waals surface area contributed by atoms with E-state index in [9.17, 15) is 0 Å². The largest absolute Gasteiger partial charge is 0.474 e. The third-order valence-electron chi connectivity index (χ3n) is 3.36. The molecule has 1 heterocycles. The summed E-state index contributed by atoms with van der Waals surface area (Å²) in [5.74, 6) is 1.63. The summed E-state index contributed by atoms with van der Waals surface area (Å²) in [7, 11) is 0. The number of aromatic nitrogens is 1. The maximum Gasteiger partial charge on any atom is 0.213 e. The van der Waals surface area contributed by atoms with Crippen molar-refractivity contribution in [3.63, 3.8) is 0 Å². The lowest BCUT2D eigenvalue weighted by atomic mass is 9.88. The highest BCUT2D eigenvalue weighted by Gasteiger charge is 2.23. The van der Waals surface area contributed by atoms with Crippen LogP contribution in [0.3, 0.4) is 0 Å². The molecule has 0 spiro atoms. The number of alkyl halides is 1. The van der Waals surface area contributed by atoms with E-state index in [4.69, 9.17) is 27.9 Å². The molecule has 0 aromatic carbocycles. The highest BCUT2D eigenvalue weighted by Crippen LogP contribution is 2.28. The van der Waals surface area contributed by atoms with Gasteiger partial charge < -0.3 is 4.74 Å². The summed E-state index contributed by atoms with van der Waals surface area (Å²) >= 11 is 11.8. The Kier molecular flexibility index (Phi) is 4.52. The molecule has 0 saturated heterocycles. The fourth-order valence-electron chi connectivity index (χ4n) is 2.24. The number of nitrogens with zero attached hydrogens (tertiary/aromatic N) is 1. The normalized spacial score (nSPS) is 24.6. The maximum absolute atomic E-state index is 5.97. The van der Waals surface area contributed by atoms with Crippen LogP contribution in [-0.4, -0.2) is 11.1 Å². The predicted octanol–water partition coefficient (Wildman–Crippen LogP) is 4.43. The summed E-state index contributed by atoms with van der Waals surface area (Å²) in [5, 5.41) is 0.601. The van der Waals surface area contributed by atoms with Crippen molar-refractivity contribution in [2.75, 3.05) is 0 Å². The van der Waals surface area contributed by atoms with Gasteiger partial charge in [-0.1, -0.05) is 24.9 Å². The first-order chi connectivity index (χ1) is 8.20. The minimum atomic E-state index is 0.278. The number of rotatable bonds is 3. The summed E-state index contributed by atoms with van der Waals surface area (Å²) < 4.78 is 5.94. The van der Waals surface area contributed by atoms with Crippen molar-refractivity contribution < 1.29 is 4.74 Å². The SMILES string of the molecule is CC1CCCCC1Oc1cc(CCl)c(Cl)cn1. The molecule has 1 aliphatic rings. The third kappa shape index (κ3) is 3.26. The van der Waals surface area contributed by atoms with Crippen molar-refractivity contribution in [2.24, 2.45) is 5.92 Å². The van der Waals surface area contributed by atoms with Crippen molar-refractivity contribution in [1.29, 1.82) is 0 Å². The molecule has 2 nitrogen and oxygen atoms in total. The fourth-order valence-corrected chi connectivity index (χ4v) is 2.70. The Bertz CT molecular complexity index is 384. The molecule has 0 radical (unpaired) electrons. The molecular weight excluding hydrogens is 257 g/mol. The zero-order valence-corrected chi connectivity index (χ0v) is 11.5. The van der Waals surface area contributed by atoms with Gasteiger partial charge in [0.05, 0.1) is 5.02 Å². The lowest BCUT2D eigenvalue weighted by molar-refractivity contribution is 0.0975. The topological polar surface area (TPSA) is 22.1 Å². The van der Waals surface area contributed by atoms with E-state index in [-0.39, 0.29) is 6.10 Å². The van der Waals surface area contributed by atoms with Crippen molar-refractivity contribution in [3.05, 3.63) is 22.8 Å². The Hall–Kier alpha value is -0.470. The Morgan fingerprint density at radius 3 is 2.88 bits per heavy atom. The lowest BCUT2D eigenvalue weighted by Gasteiger charge is -2.28. The van der Waals surface area contributed by atoms with Crippen LogP contribution in [0.15, 0.2) is 12.3 Å². The van der Waals surface area contributed by atoms with Crippen LogP contribution in [0.5, 0.6) is 5.88 Å². The fraction of sp³-hybridized carbons (Fsp3) is 0.615. The van der Waals surface area contributed by atoms with Gasteiger partial charge in [0.15, 0.2) is 0 Å². The van der Waals surface area contributed by atoms with Crippen LogP contribution < -0.4 is 4.74 Å². The molecule has 17 heavy (non-hydrogen) atoms. The summed E-state index contributed by atoms with van der Waals surface area (Å²) in [6, 6.07) is 1.84. The van der Waals surface area contributed by atoms with Gasteiger partial charge in [-0.2, -0.15) is 0 Å². The van der Waals surface area contributed by atoms with E-state index >= 15 is 0 Å². The van der Waals surface area contributed by atoms with Gasteiger partial charge in [-0.05, 0) is 30.7 Å². The average Bonchev–Trinajstić information content (AvgIpc) is 2.34. The van der Waals surface area contributed by atoms with Crippen molar-refractivity contribution in [1.82, 2.24) is 4.98 Å². The summed E-state index contributed by atoms with van der Waals surface area (Å²) in [6.07, 6.45) is 6.79. The lowest BCUT2D eigenvalue weighted by Crippen LogP contribution is -2.28. The first kappa shape index (κ1) is 13.0. The van der Waals surface area contributed by atoms with Crippen molar-refractivity contribution in [2.45, 2.75) is 44.6 Å². The number of pyridine rings is 1. The molecule has 2 rings (SSSR count). The van der Waals surface area contributed by atoms with Crippen LogP contribution in [0.1, 0.15) is 38.2 Å². The van der Waals surface area contributed by atoms with Gasteiger partial charge in [0, 0.05) is 18.1 Å². The molecule has 2 unspecified atom stereocenters. The van der Waals surface area contributed by atoms with Gasteiger partial charge in [0.25, 0.3) is 0 Å². The van der Waals surface area contributed by atoms with E-state index < -0.39 is 0 Å². The summed E-state index contributed by atoms with van der Waals surface area (Å²) in [4.78, 5) is 4.20. The second-order valence-electron chi connectivity index (χ2n) is 4.67. The van der Waals surface area contributed by atoms with Crippen LogP contribution in [0.4, 0.5) is 0 Å². The zero-order valence-electron chi connectivity index (χ0n) is 9.96. The van der Waals surface area contributed by atoms with E-state index in [1.807, 2.05) is 6.07 Å². The van der Waals surface area contributed by atoms with Gasteiger partial charge in [0.2, 0.25) is 5.88 Å². The van der Waals surface area contributed by atoms with Crippen LogP contribution in [-0.2, 0) is 5.88 Å². The van der Waals surface area contributed by atoms with E-state index in [1.54, 1.807) is 6.20 Å². The second-order valence-corrected chi connectivity index (χ2v) is 5.34. The Labute approximate surface area is 112 Å². The molecule has 1 aliphatic carbocycles. The standard InChI is InChI=1S/C13H17Cl2NO/c1-9-4-2-3-5-12(9)17-13-6-10(7-14)11(15)8-16-13/h6,8-9,12H,2-5,7H2,1H3. The van der Waals surface area contributed by atoms with Gasteiger partial charge >= 0.3 is 0 Å². The van der Waals surface area contributed by atoms with Gasteiger partial charge in [-0.15, -0.1) is 11.6 Å². The Balaban J connectivity index is 2.07. The molecule has 0 aliphatic heterocycles. The quantitative estimate of drug-likeness (QED) is 0.760. The van der Waals surface area contributed by atoms with E-state index in [2.05, 4.69) is 11.9 Å². The van der Waals surface area contributed by atoms with Crippen LogP contribution in [0.25, 0.3) is 0 Å². The van der Waals surface area contributed by atoms with Gasteiger partial charge in [-0.3, -0.25) is 0 Å². The number of halogens is 2. The van der Waals surface area contributed by atoms with E-state index in [1.165, 1.54) is 19.3 Å². The minimum absolute atomic E-state index is 0.278. The number of hydrogen-bond acceptors (Lipinski definition) is 2. The molecule has 2 atom stereocenters. The maximum atomic E-state index is 5.97. The molecule has 1 aromatic rings. The minimum Gasteiger partial charge on any atom is -0.474 e. The third-order valence-corrected chi connectivity index (χ3v) is 3.99. The van der Waals surface area contributed by atoms with Crippen LogP contribution >= 0.6 is 23.2 Å². The zero-order chi connectivity index (χ0) is 12.3. The van der Waals surface area contributed by atoms with E-state index in [0.717, 1.165) is 12.0 Å². The Morgan fingerprint density at radius 2 is 2.18 bits per heavy atom. The number of hydrogen-bond donors (Lipinski definition) is 0. The van der Waals surface area contributed by atoms with Crippen LogP contribution in [0, 0.1) is 5.92 Å². The van der Waals surface area contributed by atoms with Crippen molar-refractivity contribution in [3.8, 4) is 5.88 Å². The molecule has 4 heteroatoms. The van der Waals surface area contributed by atoms with Crippen molar-refractivity contribution >= 4 is 23.2 Å². The first-order valence-electron chi connectivity index (χ1n) is 6.07. The predicted molar refractivity (Wildman–Crippen MR) is 70.9 cm³/mol. The Morgan fingerprint density at radius 1 is 1.41 bits per heavy atom. The molecular formula is C13H17Cl2NO. The van der Waals surface area contributed by atoms with Gasteiger partial charge in [0.1, 0.15) is 6.10 Å². The molecule has 1 aromatic heterocycles. The molecule has 0 N–H and O–H groups in total. The average molecular weight is 274 g/mol. The molecule has 1 saturated carbocycles. The van der Waals surface area contributed by atoms with E-state index in [0.29, 0.717) is 22.7 Å². The molecule has 1 fully saturated rings. The summed E-state index contributed by atoms with van der Waals surface area (Å²) in [5.41, 5.74) is 0.877. The highest BCUT2D eigenvalue weighted by molar-refractivity contribution is 6.32. The molecule has 0 amide bonds. The van der Waals surface area contributed by atoms with Crippen LogP contribution in [0.2, 0.25) is 5.02 Å². The molecule has 0 bridgehead atoms. The first-order valence-corrected chi connectivity index (χ1v) is 6.99. The monoisotopic (exact) mass is 273 g/mol.